The number of methoxy groups -OCH3 is 1. The van der Waals surface area contributed by atoms with Gasteiger partial charge in [-0.25, -0.2) is 4.98 Å². The maximum Gasteiger partial charge on any atom is 0.245 e. The number of carbonyl (C=O) groups is 1. The zero-order valence-corrected chi connectivity index (χ0v) is 20.5. The van der Waals surface area contributed by atoms with Crippen LogP contribution in [0.15, 0.2) is 61.3 Å². The first-order valence-electron chi connectivity index (χ1n) is 11.8. The van der Waals surface area contributed by atoms with Crippen molar-refractivity contribution in [2.24, 2.45) is 0 Å². The Hall–Kier alpha value is -4.20. The molecule has 3 heterocycles. The van der Waals surface area contributed by atoms with Crippen LogP contribution >= 0.6 is 0 Å². The summed E-state index contributed by atoms with van der Waals surface area (Å²) in [7, 11) is 1.42. The fraction of sp³-hybridized carbons (Fsp3) is 0.250. The summed E-state index contributed by atoms with van der Waals surface area (Å²) in [6.45, 7) is 8.87. The summed E-state index contributed by atoms with van der Waals surface area (Å²) in [6, 6.07) is 12.2. The number of likely N-dealkylation sites (tertiary alicyclic amines) is 1. The van der Waals surface area contributed by atoms with Crippen molar-refractivity contribution >= 4 is 11.4 Å². The van der Waals surface area contributed by atoms with E-state index in [4.69, 9.17) is 14.5 Å². The molecule has 0 spiro atoms. The molecule has 7 nitrogen and oxygen atoms in total. The number of hydrogen-bond acceptors (Lipinski definition) is 5. The highest BCUT2D eigenvalue weighted by atomic mass is 19.1. The van der Waals surface area contributed by atoms with E-state index in [-0.39, 0.29) is 23.3 Å². The van der Waals surface area contributed by atoms with Gasteiger partial charge < -0.3 is 14.4 Å². The second kappa shape index (κ2) is 9.45. The second-order valence-corrected chi connectivity index (χ2v) is 8.86. The van der Waals surface area contributed by atoms with Crippen molar-refractivity contribution in [1.82, 2.24) is 19.3 Å². The number of carbonyl (C=O) groups excluding carboxylic acids is 1. The third-order valence-electron chi connectivity index (χ3n) is 6.59. The molecule has 1 aliphatic heterocycles. The molecule has 0 unspecified atom stereocenters. The van der Waals surface area contributed by atoms with Gasteiger partial charge in [0.05, 0.1) is 24.0 Å². The van der Waals surface area contributed by atoms with Gasteiger partial charge in [0.2, 0.25) is 11.7 Å². The van der Waals surface area contributed by atoms with Crippen LogP contribution in [0, 0.1) is 19.7 Å². The zero-order valence-electron chi connectivity index (χ0n) is 20.5. The summed E-state index contributed by atoms with van der Waals surface area (Å²) in [4.78, 5) is 23.6. The number of imidazole rings is 1. The maximum atomic E-state index is 14.5. The third kappa shape index (κ3) is 4.08. The number of fused-ring (bicyclic) bond motifs is 1. The Kier molecular flexibility index (Phi) is 6.18. The van der Waals surface area contributed by atoms with Crippen LogP contribution in [0.25, 0.3) is 16.8 Å². The fourth-order valence-corrected chi connectivity index (χ4v) is 4.75. The average Bonchev–Trinajstić information content (AvgIpc) is 3.54. The predicted octanol–water partition coefficient (Wildman–Crippen LogP) is 5.46. The topological polar surface area (TPSA) is 69.0 Å². The van der Waals surface area contributed by atoms with Crippen molar-refractivity contribution in [2.75, 3.05) is 20.2 Å². The predicted molar refractivity (Wildman–Crippen MR) is 135 cm³/mol. The molecule has 1 aliphatic rings. The van der Waals surface area contributed by atoms with Gasteiger partial charge in [0.1, 0.15) is 11.6 Å². The van der Waals surface area contributed by atoms with Crippen LogP contribution in [-0.4, -0.2) is 45.4 Å². The Balaban J connectivity index is 1.51. The molecule has 0 radical (unpaired) electrons. The van der Waals surface area contributed by atoms with Gasteiger partial charge in [0.15, 0.2) is 11.5 Å². The lowest BCUT2D eigenvalue weighted by Gasteiger charge is -2.14. The lowest BCUT2D eigenvalue weighted by molar-refractivity contribution is -0.125. The van der Waals surface area contributed by atoms with Gasteiger partial charge in [-0.15, -0.1) is 0 Å². The number of aromatic nitrogens is 3. The highest BCUT2D eigenvalue weighted by molar-refractivity contribution is 5.87. The fourth-order valence-electron chi connectivity index (χ4n) is 4.75. The molecule has 1 amide bonds. The van der Waals surface area contributed by atoms with Crippen LogP contribution in [0.4, 0.5) is 4.39 Å². The summed E-state index contributed by atoms with van der Waals surface area (Å²) in [5.41, 5.74) is 4.48. The molecule has 1 saturated heterocycles. The first kappa shape index (κ1) is 23.5. The largest absolute Gasteiger partial charge is 0.494 e. The van der Waals surface area contributed by atoms with Gasteiger partial charge >= 0.3 is 0 Å². The number of ether oxygens (including phenoxy) is 2. The van der Waals surface area contributed by atoms with Crippen LogP contribution in [0.5, 0.6) is 17.2 Å². The Bertz CT molecular complexity index is 1460. The highest BCUT2D eigenvalue weighted by Crippen LogP contribution is 2.36. The van der Waals surface area contributed by atoms with E-state index in [0.717, 1.165) is 40.4 Å². The number of rotatable bonds is 6. The Morgan fingerprint density at radius 2 is 1.92 bits per heavy atom. The number of nitrogens with zero attached hydrogens (tertiary/aromatic N) is 4. The van der Waals surface area contributed by atoms with Crippen LogP contribution in [0.3, 0.4) is 0 Å². The molecule has 0 bridgehead atoms. The van der Waals surface area contributed by atoms with E-state index in [2.05, 4.69) is 16.0 Å². The van der Waals surface area contributed by atoms with Crippen molar-refractivity contribution in [2.45, 2.75) is 26.2 Å². The van der Waals surface area contributed by atoms with Gasteiger partial charge in [-0.2, -0.15) is 4.39 Å². The summed E-state index contributed by atoms with van der Waals surface area (Å²) < 4.78 is 27.5. The van der Waals surface area contributed by atoms with E-state index in [9.17, 15) is 9.18 Å². The Labute approximate surface area is 208 Å². The van der Waals surface area contributed by atoms with Crippen molar-refractivity contribution in [1.29, 1.82) is 0 Å². The summed E-state index contributed by atoms with van der Waals surface area (Å²) in [5, 5.41) is 0. The van der Waals surface area contributed by atoms with E-state index >= 15 is 0 Å². The minimum atomic E-state index is -0.550. The van der Waals surface area contributed by atoms with Crippen LogP contribution in [0.1, 0.15) is 29.6 Å². The molecule has 0 saturated carbocycles. The molecule has 36 heavy (non-hydrogen) atoms. The second-order valence-electron chi connectivity index (χ2n) is 8.86. The molecule has 1 fully saturated rings. The van der Waals surface area contributed by atoms with Crippen molar-refractivity contribution in [3.8, 4) is 28.5 Å². The summed E-state index contributed by atoms with van der Waals surface area (Å²) >= 11 is 0. The molecule has 0 N–H and O–H groups in total. The Morgan fingerprint density at radius 3 is 2.64 bits per heavy atom. The molecular weight excluding hydrogens is 459 g/mol. The van der Waals surface area contributed by atoms with Gasteiger partial charge in [0, 0.05) is 36.5 Å². The minimum Gasteiger partial charge on any atom is -0.494 e. The molecule has 5 rings (SSSR count). The molecular formula is C28H27FN4O3. The third-order valence-corrected chi connectivity index (χ3v) is 6.59. The van der Waals surface area contributed by atoms with Crippen molar-refractivity contribution in [3.63, 3.8) is 0 Å². The van der Waals surface area contributed by atoms with Gasteiger partial charge in [-0.05, 0) is 62.7 Å². The van der Waals surface area contributed by atoms with Crippen LogP contribution in [0.2, 0.25) is 0 Å². The normalized spacial score (nSPS) is 15.3. The first-order valence-corrected chi connectivity index (χ1v) is 11.8. The zero-order chi connectivity index (χ0) is 25.4. The number of halogens is 1. The van der Waals surface area contributed by atoms with E-state index < -0.39 is 5.82 Å². The number of benzene rings is 2. The maximum absolute atomic E-state index is 14.5. The molecule has 2 aromatic carbocycles. The van der Waals surface area contributed by atoms with Crippen molar-refractivity contribution < 1.29 is 18.7 Å². The lowest BCUT2D eigenvalue weighted by Crippen LogP contribution is -2.26. The Morgan fingerprint density at radius 1 is 1.17 bits per heavy atom. The van der Waals surface area contributed by atoms with E-state index in [1.54, 1.807) is 30.3 Å². The van der Waals surface area contributed by atoms with Crippen LogP contribution < -0.4 is 9.47 Å². The summed E-state index contributed by atoms with van der Waals surface area (Å²) in [5.74, 6) is 1.13. The van der Waals surface area contributed by atoms with E-state index in [0.29, 0.717) is 18.8 Å². The van der Waals surface area contributed by atoms with Crippen molar-refractivity contribution in [3.05, 3.63) is 84.3 Å². The number of aryl methyl sites for hydroxylation is 2. The van der Waals surface area contributed by atoms with Gasteiger partial charge in [-0.3, -0.25) is 14.2 Å². The molecule has 1 atom stereocenters. The molecule has 8 heteroatoms. The number of amides is 1. The average molecular weight is 487 g/mol. The quantitative estimate of drug-likeness (QED) is 0.339. The molecule has 2 aromatic heterocycles. The molecule has 184 valence electrons. The molecule has 0 aliphatic carbocycles. The first-order chi connectivity index (χ1) is 17.4. The highest BCUT2D eigenvalue weighted by Gasteiger charge is 2.31. The number of hydrogen-bond donors (Lipinski definition) is 0. The lowest BCUT2D eigenvalue weighted by atomic mass is 10.1. The van der Waals surface area contributed by atoms with Gasteiger partial charge in [0.25, 0.3) is 0 Å². The van der Waals surface area contributed by atoms with Gasteiger partial charge in [-0.1, -0.05) is 12.6 Å². The minimum absolute atomic E-state index is 0.0591. The van der Waals surface area contributed by atoms with Crippen LogP contribution in [-0.2, 0) is 4.79 Å². The summed E-state index contributed by atoms with van der Waals surface area (Å²) in [6.07, 6.45) is 4.04. The standard InChI is InChI=1S/C28H27FN4O3/c1-5-24(34)32-14-13-20(16-32)28-31-26(27-18(3)30-15-17(2)33(27)28)19-9-11-21(12-10-19)36-23-8-6-7-22(35-4)25(23)29/h5-12,15,20H,1,13-14,16H2,2-4H3/t20-/m1/s1. The van der Waals surface area contributed by atoms with E-state index in [1.165, 1.54) is 13.2 Å². The van der Waals surface area contributed by atoms with E-state index in [1.807, 2.05) is 37.1 Å². The SMILES string of the molecule is C=CC(=O)N1CC[C@@H](c2nc(-c3ccc(Oc4cccc(OC)c4F)cc3)c3c(C)ncc(C)n23)C1. The monoisotopic (exact) mass is 486 g/mol. The molecule has 4 aromatic rings. The smallest absolute Gasteiger partial charge is 0.245 e.